The van der Waals surface area contributed by atoms with Gasteiger partial charge in [-0.1, -0.05) is 12.2 Å². The van der Waals surface area contributed by atoms with Gasteiger partial charge in [-0.2, -0.15) is 26.7 Å². The van der Waals surface area contributed by atoms with E-state index in [2.05, 4.69) is 0 Å². The second-order valence-electron chi connectivity index (χ2n) is 5.77. The Morgan fingerprint density at radius 2 is 1.77 bits per heavy atom. The van der Waals surface area contributed by atoms with Crippen LogP contribution in [0.3, 0.4) is 0 Å². The quantitative estimate of drug-likeness (QED) is 0.396. The van der Waals surface area contributed by atoms with Crippen LogP contribution in [0.2, 0.25) is 0 Å². The molecule has 0 amide bonds. The van der Waals surface area contributed by atoms with Gasteiger partial charge < -0.3 is 10.2 Å². The molecule has 0 heterocycles. The molecule has 1 saturated carbocycles. The largest absolute Gasteiger partial charge is 0.438 e. The van der Waals surface area contributed by atoms with Crippen molar-refractivity contribution in [2.24, 2.45) is 11.8 Å². The number of alkyl halides is 5. The zero-order chi connectivity index (χ0) is 17.2. The first-order valence-corrected chi connectivity index (χ1v) is 8.10. The third-order valence-corrected chi connectivity index (χ3v) is 4.77. The van der Waals surface area contributed by atoms with Crippen LogP contribution in [0.1, 0.15) is 12.8 Å². The van der Waals surface area contributed by atoms with Crippen molar-refractivity contribution in [2.45, 2.75) is 36.3 Å². The van der Waals surface area contributed by atoms with Gasteiger partial charge >= 0.3 is 12.1 Å². The van der Waals surface area contributed by atoms with E-state index in [0.29, 0.717) is 4.72 Å². The van der Waals surface area contributed by atoms with Crippen LogP contribution < -0.4 is 4.72 Å². The molecule has 0 radical (unpaired) electrons. The van der Waals surface area contributed by atoms with Gasteiger partial charge in [0.15, 0.2) is 0 Å². The van der Waals surface area contributed by atoms with Crippen molar-refractivity contribution >= 4 is 10.0 Å². The molecule has 2 rings (SSSR count). The summed E-state index contributed by atoms with van der Waals surface area (Å²) in [6.45, 7) is 0. The average Bonchev–Trinajstić information content (AvgIpc) is 2.84. The summed E-state index contributed by atoms with van der Waals surface area (Å²) in [6, 6.07) is 0. The molecule has 22 heavy (non-hydrogen) atoms. The molecular weight excluding hydrogens is 337 g/mol. The normalized spacial score (nSPS) is 34.9. The van der Waals surface area contributed by atoms with E-state index in [1.165, 1.54) is 6.08 Å². The highest BCUT2D eigenvalue weighted by molar-refractivity contribution is 7.88. The summed E-state index contributed by atoms with van der Waals surface area (Å²) in [6.07, 6.45) is -3.89. The lowest BCUT2D eigenvalue weighted by Crippen LogP contribution is -2.76. The Morgan fingerprint density at radius 3 is 2.09 bits per heavy atom. The van der Waals surface area contributed by atoms with Gasteiger partial charge in [0.2, 0.25) is 10.0 Å². The highest BCUT2D eigenvalue weighted by atomic mass is 32.2. The first kappa shape index (κ1) is 17.6. The number of aliphatic hydroxyl groups is 2. The van der Waals surface area contributed by atoms with Crippen LogP contribution in [0.15, 0.2) is 12.2 Å². The molecule has 2 aliphatic carbocycles. The van der Waals surface area contributed by atoms with Gasteiger partial charge in [0, 0.05) is 5.92 Å². The van der Waals surface area contributed by atoms with Gasteiger partial charge in [-0.25, -0.2) is 8.42 Å². The van der Waals surface area contributed by atoms with Gasteiger partial charge in [-0.15, -0.1) is 0 Å². The van der Waals surface area contributed by atoms with E-state index >= 15 is 0 Å². The molecule has 0 saturated heterocycles. The fourth-order valence-corrected chi connectivity index (χ4v) is 3.85. The smallest absolute Gasteiger partial charge is 0.383 e. The third-order valence-electron chi connectivity index (χ3n) is 4.10. The Bertz CT molecular complexity index is 604. The first-order valence-electron chi connectivity index (χ1n) is 6.20. The summed E-state index contributed by atoms with van der Waals surface area (Å²) in [7, 11) is -4.85. The number of fused-ring (bicyclic) bond motifs is 2. The second kappa shape index (κ2) is 4.62. The van der Waals surface area contributed by atoms with Crippen molar-refractivity contribution in [2.75, 3.05) is 6.26 Å². The second-order valence-corrected chi connectivity index (χ2v) is 7.52. The lowest BCUT2D eigenvalue weighted by molar-refractivity contribution is -0.375. The minimum Gasteiger partial charge on any atom is -0.383 e. The fourth-order valence-electron chi connectivity index (χ4n) is 3.07. The summed E-state index contributed by atoms with van der Waals surface area (Å²) in [5, 5.41) is 19.6. The van der Waals surface area contributed by atoms with Crippen molar-refractivity contribution < 1.29 is 40.6 Å². The van der Waals surface area contributed by atoms with Crippen molar-refractivity contribution in [1.82, 2.24) is 4.72 Å². The number of halogens is 5. The molecule has 2 bridgehead atoms. The van der Waals surface area contributed by atoms with Crippen LogP contribution in [0.5, 0.6) is 0 Å². The molecule has 0 aromatic rings. The molecule has 4 unspecified atom stereocenters. The van der Waals surface area contributed by atoms with E-state index in [4.69, 9.17) is 0 Å². The van der Waals surface area contributed by atoms with E-state index in [-0.39, 0.29) is 12.7 Å². The zero-order valence-corrected chi connectivity index (χ0v) is 12.0. The summed E-state index contributed by atoms with van der Waals surface area (Å²) in [5.74, 6) is -7.04. The van der Waals surface area contributed by atoms with Crippen molar-refractivity contribution in [3.05, 3.63) is 12.2 Å². The van der Waals surface area contributed by atoms with Crippen molar-refractivity contribution in [3.63, 3.8) is 0 Å². The molecular formula is C11H14F5NO4S. The van der Waals surface area contributed by atoms with Gasteiger partial charge in [0.25, 0.3) is 5.72 Å². The first-order chi connectivity index (χ1) is 9.64. The van der Waals surface area contributed by atoms with Crippen LogP contribution in [-0.4, -0.2) is 48.3 Å². The predicted molar refractivity (Wildman–Crippen MR) is 64.2 cm³/mol. The monoisotopic (exact) mass is 351 g/mol. The lowest BCUT2D eigenvalue weighted by Gasteiger charge is -2.46. The topological polar surface area (TPSA) is 86.6 Å². The van der Waals surface area contributed by atoms with E-state index in [9.17, 15) is 40.6 Å². The molecule has 2 aliphatic rings. The van der Waals surface area contributed by atoms with E-state index in [1.54, 1.807) is 0 Å². The number of allylic oxidation sites excluding steroid dienone is 1. The molecule has 5 nitrogen and oxygen atoms in total. The fraction of sp³-hybridized carbons (Fsp3) is 0.818. The summed E-state index contributed by atoms with van der Waals surface area (Å²) in [4.78, 5) is 0. The zero-order valence-electron chi connectivity index (χ0n) is 11.2. The van der Waals surface area contributed by atoms with Crippen LogP contribution >= 0.6 is 0 Å². The average molecular weight is 351 g/mol. The van der Waals surface area contributed by atoms with Crippen LogP contribution in [0.4, 0.5) is 22.0 Å². The molecule has 4 atom stereocenters. The van der Waals surface area contributed by atoms with Gasteiger partial charge in [0.05, 0.1) is 6.26 Å². The lowest BCUT2D eigenvalue weighted by atomic mass is 9.77. The minimum atomic E-state index is -6.04. The maximum atomic E-state index is 14.5. The Hall–Kier alpha value is -0.780. The van der Waals surface area contributed by atoms with Crippen LogP contribution in [0.25, 0.3) is 0 Å². The van der Waals surface area contributed by atoms with Gasteiger partial charge in [-0.3, -0.25) is 0 Å². The number of rotatable bonds is 4. The van der Waals surface area contributed by atoms with Crippen LogP contribution in [0, 0.1) is 11.8 Å². The standard InChI is InChI=1S/C11H14F5NO4S/c1-22(20,21)17-10(19,11(14,15)16)9(12,13)8(18)5-6-2-3-7(8)4-6/h2-3,6-7,17-19H,4-5H2,1H3. The van der Waals surface area contributed by atoms with Crippen molar-refractivity contribution in [1.29, 1.82) is 0 Å². The number of sulfonamides is 1. The van der Waals surface area contributed by atoms with E-state index in [0.717, 1.165) is 6.08 Å². The highest BCUT2D eigenvalue weighted by Gasteiger charge is 2.79. The molecule has 0 spiro atoms. The van der Waals surface area contributed by atoms with Gasteiger partial charge in [0.1, 0.15) is 5.60 Å². The maximum Gasteiger partial charge on any atom is 0.438 e. The van der Waals surface area contributed by atoms with Gasteiger partial charge in [-0.05, 0) is 18.8 Å². The molecule has 128 valence electrons. The van der Waals surface area contributed by atoms with E-state index < -0.39 is 51.7 Å². The number of hydrogen-bond acceptors (Lipinski definition) is 4. The SMILES string of the molecule is CS(=O)(=O)NC(O)(C(F)(F)F)C(F)(F)C1(O)CC2C=CC1C2. The highest BCUT2D eigenvalue weighted by Crippen LogP contribution is 2.58. The predicted octanol–water partition coefficient (Wildman–Crippen LogP) is 0.749. The third kappa shape index (κ3) is 2.34. The Morgan fingerprint density at radius 1 is 1.23 bits per heavy atom. The summed E-state index contributed by atoms with van der Waals surface area (Å²) >= 11 is 0. The summed E-state index contributed by atoms with van der Waals surface area (Å²) < 4.78 is 90.5. The molecule has 11 heteroatoms. The van der Waals surface area contributed by atoms with Crippen LogP contribution in [-0.2, 0) is 10.0 Å². The number of nitrogens with one attached hydrogen (secondary N) is 1. The number of hydrogen-bond donors (Lipinski definition) is 3. The Balaban J connectivity index is 2.53. The molecule has 0 aliphatic heterocycles. The maximum absolute atomic E-state index is 14.5. The minimum absolute atomic E-state index is 0.0128. The Kier molecular flexibility index (Phi) is 3.69. The molecule has 0 aromatic carbocycles. The molecule has 0 aromatic heterocycles. The summed E-state index contributed by atoms with van der Waals surface area (Å²) in [5.41, 5.74) is -8.31. The Labute approximate surface area is 122 Å². The molecule has 1 fully saturated rings. The molecule has 3 N–H and O–H groups in total. The van der Waals surface area contributed by atoms with E-state index in [1.807, 2.05) is 0 Å². The van der Waals surface area contributed by atoms with Crippen molar-refractivity contribution in [3.8, 4) is 0 Å².